The van der Waals surface area contributed by atoms with Gasteiger partial charge in [-0.25, -0.2) is 0 Å². The van der Waals surface area contributed by atoms with E-state index in [4.69, 9.17) is 4.74 Å². The molecule has 1 atom stereocenters. The lowest BCUT2D eigenvalue weighted by Crippen LogP contribution is -2.48. The Morgan fingerprint density at radius 2 is 1.80 bits per heavy atom. The second-order valence-corrected chi connectivity index (χ2v) is 6.44. The predicted octanol–water partition coefficient (Wildman–Crippen LogP) is 3.56. The number of carbonyl (C=O) groups is 2. The van der Waals surface area contributed by atoms with Crippen LogP contribution in [0.25, 0.3) is 0 Å². The number of rotatable bonds is 3. The van der Waals surface area contributed by atoms with E-state index in [1.165, 1.54) is 6.92 Å². The molecular weight excluding hydrogens is 316 g/mol. The SMILES string of the molecule is CC(=O)N1C[C@@H](C(=O)Nc2ccccc2C(C)C)Oc2ccccc21. The molecule has 0 saturated carbocycles. The van der Waals surface area contributed by atoms with Crippen LogP contribution in [-0.4, -0.2) is 24.5 Å². The number of hydrogen-bond donors (Lipinski definition) is 1. The number of amides is 2. The van der Waals surface area contributed by atoms with Crippen molar-refractivity contribution in [1.82, 2.24) is 0 Å². The van der Waals surface area contributed by atoms with Crippen LogP contribution in [0.4, 0.5) is 11.4 Å². The van der Waals surface area contributed by atoms with Gasteiger partial charge in [0.05, 0.1) is 12.2 Å². The Hall–Kier alpha value is -2.82. The molecule has 1 heterocycles. The third kappa shape index (κ3) is 3.50. The van der Waals surface area contributed by atoms with Gasteiger partial charge in [0, 0.05) is 12.6 Å². The van der Waals surface area contributed by atoms with Gasteiger partial charge >= 0.3 is 0 Å². The zero-order valence-corrected chi connectivity index (χ0v) is 14.7. The summed E-state index contributed by atoms with van der Waals surface area (Å²) in [5.41, 5.74) is 2.54. The van der Waals surface area contributed by atoms with E-state index in [2.05, 4.69) is 19.2 Å². The fraction of sp³-hybridized carbons (Fsp3) is 0.300. The van der Waals surface area contributed by atoms with Crippen molar-refractivity contribution in [2.24, 2.45) is 0 Å². The second kappa shape index (κ2) is 6.97. The average Bonchev–Trinajstić information content (AvgIpc) is 2.60. The van der Waals surface area contributed by atoms with Crippen molar-refractivity contribution in [3.05, 3.63) is 54.1 Å². The number of nitrogens with zero attached hydrogens (tertiary/aromatic N) is 1. The lowest BCUT2D eigenvalue weighted by molar-refractivity contribution is -0.123. The van der Waals surface area contributed by atoms with E-state index < -0.39 is 6.10 Å². The summed E-state index contributed by atoms with van der Waals surface area (Å²) in [5, 5.41) is 2.95. The molecular formula is C20H22N2O3. The summed E-state index contributed by atoms with van der Waals surface area (Å²) < 4.78 is 5.84. The lowest BCUT2D eigenvalue weighted by atomic mass is 10.0. The zero-order valence-electron chi connectivity index (χ0n) is 14.7. The van der Waals surface area contributed by atoms with E-state index in [1.807, 2.05) is 42.5 Å². The van der Waals surface area contributed by atoms with Gasteiger partial charge in [-0.2, -0.15) is 0 Å². The van der Waals surface area contributed by atoms with Crippen LogP contribution in [-0.2, 0) is 9.59 Å². The molecule has 0 radical (unpaired) electrons. The molecule has 25 heavy (non-hydrogen) atoms. The maximum Gasteiger partial charge on any atom is 0.267 e. The number of ether oxygens (including phenoxy) is 1. The van der Waals surface area contributed by atoms with E-state index in [0.717, 1.165) is 11.3 Å². The molecule has 5 heteroatoms. The van der Waals surface area contributed by atoms with Crippen molar-refractivity contribution in [3.8, 4) is 5.75 Å². The first-order valence-electron chi connectivity index (χ1n) is 8.41. The maximum absolute atomic E-state index is 12.7. The van der Waals surface area contributed by atoms with Crippen LogP contribution in [0.3, 0.4) is 0 Å². The van der Waals surface area contributed by atoms with Crippen LogP contribution < -0.4 is 15.0 Å². The normalized spacial score (nSPS) is 16.2. The van der Waals surface area contributed by atoms with Gasteiger partial charge in [0.1, 0.15) is 5.75 Å². The largest absolute Gasteiger partial charge is 0.476 e. The zero-order chi connectivity index (χ0) is 18.0. The molecule has 1 aliphatic rings. The Morgan fingerprint density at radius 3 is 2.52 bits per heavy atom. The van der Waals surface area contributed by atoms with Gasteiger partial charge in [0.25, 0.3) is 5.91 Å². The minimum atomic E-state index is -0.751. The third-order valence-electron chi connectivity index (χ3n) is 4.29. The molecule has 0 spiro atoms. The average molecular weight is 338 g/mol. The van der Waals surface area contributed by atoms with E-state index >= 15 is 0 Å². The van der Waals surface area contributed by atoms with Crippen molar-refractivity contribution in [2.45, 2.75) is 32.8 Å². The Morgan fingerprint density at radius 1 is 1.12 bits per heavy atom. The van der Waals surface area contributed by atoms with Crippen LogP contribution in [0.1, 0.15) is 32.3 Å². The Balaban J connectivity index is 1.83. The number of benzene rings is 2. The van der Waals surface area contributed by atoms with Crippen LogP contribution >= 0.6 is 0 Å². The number of fused-ring (bicyclic) bond motifs is 1. The number of carbonyl (C=O) groups excluding carboxylic acids is 2. The van der Waals surface area contributed by atoms with E-state index in [0.29, 0.717) is 17.4 Å². The standard InChI is InChI=1S/C20H22N2O3/c1-13(2)15-8-4-5-9-16(15)21-20(24)19-12-22(14(3)23)17-10-6-7-11-18(17)25-19/h4-11,13,19H,12H2,1-3H3,(H,21,24)/t19-/m0/s1. The molecule has 1 N–H and O–H groups in total. The van der Waals surface area contributed by atoms with Gasteiger partial charge in [-0.15, -0.1) is 0 Å². The fourth-order valence-electron chi connectivity index (χ4n) is 3.00. The summed E-state index contributed by atoms with van der Waals surface area (Å²) in [6.07, 6.45) is -0.751. The maximum atomic E-state index is 12.7. The highest BCUT2D eigenvalue weighted by atomic mass is 16.5. The Kier molecular flexibility index (Phi) is 4.74. The van der Waals surface area contributed by atoms with Crippen molar-refractivity contribution >= 4 is 23.2 Å². The number of hydrogen-bond acceptors (Lipinski definition) is 3. The highest BCUT2D eigenvalue weighted by Gasteiger charge is 2.32. The molecule has 130 valence electrons. The molecule has 5 nitrogen and oxygen atoms in total. The van der Waals surface area contributed by atoms with E-state index in [1.54, 1.807) is 11.0 Å². The van der Waals surface area contributed by atoms with Gasteiger partial charge in [-0.05, 0) is 29.7 Å². The van der Waals surface area contributed by atoms with Gasteiger partial charge in [0.2, 0.25) is 5.91 Å². The van der Waals surface area contributed by atoms with Gasteiger partial charge in [0.15, 0.2) is 6.10 Å². The molecule has 0 unspecified atom stereocenters. The van der Waals surface area contributed by atoms with Gasteiger partial charge in [-0.3, -0.25) is 9.59 Å². The van der Waals surface area contributed by atoms with Gasteiger partial charge in [-0.1, -0.05) is 44.2 Å². The van der Waals surface area contributed by atoms with Crippen molar-refractivity contribution in [2.75, 3.05) is 16.8 Å². The summed E-state index contributed by atoms with van der Waals surface area (Å²) in [6.45, 7) is 5.85. The molecule has 2 aromatic rings. The topological polar surface area (TPSA) is 58.6 Å². The van der Waals surface area contributed by atoms with Crippen LogP contribution in [0.5, 0.6) is 5.75 Å². The molecule has 0 aliphatic carbocycles. The van der Waals surface area contributed by atoms with Gasteiger partial charge < -0.3 is 15.0 Å². The lowest BCUT2D eigenvalue weighted by Gasteiger charge is -2.33. The minimum absolute atomic E-state index is 0.115. The molecule has 0 fully saturated rings. The first kappa shape index (κ1) is 17.0. The fourth-order valence-corrected chi connectivity index (χ4v) is 3.00. The number of anilines is 2. The summed E-state index contributed by atoms with van der Waals surface area (Å²) in [5.74, 6) is 0.462. The summed E-state index contributed by atoms with van der Waals surface area (Å²) >= 11 is 0. The first-order chi connectivity index (χ1) is 12.0. The molecule has 1 aliphatic heterocycles. The van der Waals surface area contributed by atoms with Crippen LogP contribution in [0.2, 0.25) is 0 Å². The highest BCUT2D eigenvalue weighted by molar-refractivity contribution is 5.99. The molecule has 3 rings (SSSR count). The molecule has 2 amide bonds. The Bertz CT molecular complexity index is 801. The third-order valence-corrected chi connectivity index (χ3v) is 4.29. The number of nitrogens with one attached hydrogen (secondary N) is 1. The predicted molar refractivity (Wildman–Crippen MR) is 98.0 cm³/mol. The minimum Gasteiger partial charge on any atom is -0.476 e. The van der Waals surface area contributed by atoms with Crippen molar-refractivity contribution in [1.29, 1.82) is 0 Å². The molecule has 2 aromatic carbocycles. The Labute approximate surface area is 147 Å². The molecule has 0 bridgehead atoms. The summed E-state index contributed by atoms with van der Waals surface area (Å²) in [7, 11) is 0. The van der Waals surface area contributed by atoms with Crippen LogP contribution in [0, 0.1) is 0 Å². The molecule has 0 saturated heterocycles. The second-order valence-electron chi connectivity index (χ2n) is 6.44. The first-order valence-corrected chi connectivity index (χ1v) is 8.41. The monoisotopic (exact) mass is 338 g/mol. The van der Waals surface area contributed by atoms with Crippen molar-refractivity contribution < 1.29 is 14.3 Å². The smallest absolute Gasteiger partial charge is 0.267 e. The van der Waals surface area contributed by atoms with E-state index in [-0.39, 0.29) is 18.4 Å². The number of para-hydroxylation sites is 3. The highest BCUT2D eigenvalue weighted by Crippen LogP contribution is 2.33. The van der Waals surface area contributed by atoms with Crippen molar-refractivity contribution in [3.63, 3.8) is 0 Å². The molecule has 0 aromatic heterocycles. The summed E-state index contributed by atoms with van der Waals surface area (Å²) in [4.78, 5) is 26.3. The van der Waals surface area contributed by atoms with E-state index in [9.17, 15) is 9.59 Å². The quantitative estimate of drug-likeness (QED) is 0.931. The summed E-state index contributed by atoms with van der Waals surface area (Å²) in [6, 6.07) is 15.0. The van der Waals surface area contributed by atoms with Crippen LogP contribution in [0.15, 0.2) is 48.5 Å².